The molecule has 0 unspecified atom stereocenters. The van der Waals surface area contributed by atoms with Gasteiger partial charge >= 0.3 is 0 Å². The fourth-order valence-corrected chi connectivity index (χ4v) is 1.57. The van der Waals surface area contributed by atoms with Crippen LogP contribution in [-0.2, 0) is 0 Å². The van der Waals surface area contributed by atoms with Crippen molar-refractivity contribution < 1.29 is 0 Å². The minimum atomic E-state index is 0.965. The van der Waals surface area contributed by atoms with E-state index < -0.39 is 0 Å². The largest absolute Gasteiger partial charge is 0.103 e. The van der Waals surface area contributed by atoms with E-state index in [4.69, 9.17) is 0 Å². The van der Waals surface area contributed by atoms with Gasteiger partial charge in [0.15, 0.2) is 0 Å². The summed E-state index contributed by atoms with van der Waals surface area (Å²) in [4.78, 5) is 0. The molecule has 0 N–H and O–H groups in total. The molecule has 0 spiro atoms. The maximum absolute atomic E-state index is 3.19. The quantitative estimate of drug-likeness (QED) is 0.512. The van der Waals surface area contributed by atoms with Crippen LogP contribution in [-0.4, -0.2) is 0 Å². The highest BCUT2D eigenvalue weighted by atomic mass is 14.1. The molecule has 0 heteroatoms. The minimum absolute atomic E-state index is 0.965. The van der Waals surface area contributed by atoms with Gasteiger partial charge in [0.1, 0.15) is 0 Å². The standard InChI is InChI=1S/C10H16/c1-2-7-10-8-5-3-4-6-9-10/h10H,2,5-9H2,1H3. The van der Waals surface area contributed by atoms with Crippen LogP contribution in [0, 0.1) is 17.8 Å². The molecule has 0 amide bonds. The van der Waals surface area contributed by atoms with E-state index in [0.717, 1.165) is 18.8 Å². The number of hydrogen-bond donors (Lipinski definition) is 0. The molecule has 0 saturated heterocycles. The first-order valence-electron chi connectivity index (χ1n) is 4.39. The Labute approximate surface area is 64.0 Å². The van der Waals surface area contributed by atoms with Gasteiger partial charge in [-0.15, -0.1) is 11.8 Å². The third-order valence-corrected chi connectivity index (χ3v) is 2.18. The lowest BCUT2D eigenvalue weighted by Gasteiger charge is -2.10. The van der Waals surface area contributed by atoms with Crippen molar-refractivity contribution in [3.8, 4) is 11.8 Å². The Morgan fingerprint density at radius 3 is 2.30 bits per heavy atom. The highest BCUT2D eigenvalue weighted by molar-refractivity contribution is 5.01. The molecule has 0 atom stereocenters. The molecule has 0 aromatic carbocycles. The molecule has 0 saturated carbocycles. The highest BCUT2D eigenvalue weighted by Crippen LogP contribution is 2.20. The third kappa shape index (κ3) is 2.43. The smallest absolute Gasteiger partial charge is 0.00913 e. The molecule has 1 aliphatic carbocycles. The average molecular weight is 136 g/mol. The van der Waals surface area contributed by atoms with Crippen LogP contribution < -0.4 is 0 Å². The molecule has 0 fully saturated rings. The van der Waals surface area contributed by atoms with E-state index >= 15 is 0 Å². The van der Waals surface area contributed by atoms with Gasteiger partial charge in [-0.2, -0.15) is 0 Å². The van der Waals surface area contributed by atoms with Crippen molar-refractivity contribution in [2.24, 2.45) is 5.92 Å². The van der Waals surface area contributed by atoms with Gasteiger partial charge in [0.2, 0.25) is 0 Å². The second-order valence-corrected chi connectivity index (χ2v) is 3.09. The molecular weight excluding hydrogens is 120 g/mol. The maximum atomic E-state index is 3.19. The van der Waals surface area contributed by atoms with Crippen LogP contribution >= 0.6 is 0 Å². The fraction of sp³-hybridized carbons (Fsp3) is 0.800. The predicted octanol–water partition coefficient (Wildman–Crippen LogP) is 2.98. The topological polar surface area (TPSA) is 0 Å². The molecular formula is C10H16. The molecule has 0 aliphatic heterocycles. The lowest BCUT2D eigenvalue weighted by atomic mass is 9.95. The first-order chi connectivity index (χ1) is 4.93. The lowest BCUT2D eigenvalue weighted by molar-refractivity contribution is 0.431. The Morgan fingerprint density at radius 1 is 1.20 bits per heavy atom. The van der Waals surface area contributed by atoms with E-state index in [-0.39, 0.29) is 0 Å². The summed E-state index contributed by atoms with van der Waals surface area (Å²) in [6.45, 7) is 2.27. The van der Waals surface area contributed by atoms with Crippen LogP contribution in [0.5, 0.6) is 0 Å². The van der Waals surface area contributed by atoms with Gasteiger partial charge < -0.3 is 0 Å². The summed E-state index contributed by atoms with van der Waals surface area (Å²) in [7, 11) is 0. The van der Waals surface area contributed by atoms with Crippen molar-refractivity contribution in [2.45, 2.75) is 45.4 Å². The van der Waals surface area contributed by atoms with Crippen LogP contribution in [0.2, 0.25) is 0 Å². The summed E-state index contributed by atoms with van der Waals surface area (Å²) < 4.78 is 0. The van der Waals surface area contributed by atoms with E-state index in [1.807, 2.05) is 0 Å². The molecule has 0 bridgehead atoms. The van der Waals surface area contributed by atoms with Crippen molar-refractivity contribution in [3.05, 3.63) is 0 Å². The summed E-state index contributed by atoms with van der Waals surface area (Å²) in [6.07, 6.45) is 7.73. The minimum Gasteiger partial charge on any atom is -0.103 e. The van der Waals surface area contributed by atoms with Crippen LogP contribution in [0.25, 0.3) is 0 Å². The van der Waals surface area contributed by atoms with E-state index in [0.29, 0.717) is 0 Å². The van der Waals surface area contributed by atoms with Gasteiger partial charge in [0, 0.05) is 12.8 Å². The van der Waals surface area contributed by atoms with Gasteiger partial charge in [-0.3, -0.25) is 0 Å². The Bertz CT molecular complexity index is 124. The van der Waals surface area contributed by atoms with Crippen LogP contribution in [0.3, 0.4) is 0 Å². The van der Waals surface area contributed by atoms with E-state index in [2.05, 4.69) is 18.8 Å². The number of rotatable bonds is 2. The number of hydrogen-bond acceptors (Lipinski definition) is 0. The van der Waals surface area contributed by atoms with Gasteiger partial charge in [-0.25, -0.2) is 0 Å². The first-order valence-corrected chi connectivity index (χ1v) is 4.39. The molecule has 0 nitrogen and oxygen atoms in total. The first kappa shape index (κ1) is 7.66. The summed E-state index contributed by atoms with van der Waals surface area (Å²) in [5.41, 5.74) is 0. The molecule has 1 rings (SSSR count). The monoisotopic (exact) mass is 136 g/mol. The molecule has 10 heavy (non-hydrogen) atoms. The van der Waals surface area contributed by atoms with Crippen molar-refractivity contribution in [1.82, 2.24) is 0 Å². The van der Waals surface area contributed by atoms with Crippen molar-refractivity contribution in [2.75, 3.05) is 0 Å². The van der Waals surface area contributed by atoms with Crippen LogP contribution in [0.1, 0.15) is 45.4 Å². The summed E-state index contributed by atoms with van der Waals surface area (Å²) in [6, 6.07) is 0. The molecule has 0 aromatic heterocycles. The van der Waals surface area contributed by atoms with Crippen LogP contribution in [0.15, 0.2) is 0 Å². The van der Waals surface area contributed by atoms with Crippen LogP contribution in [0.4, 0.5) is 0 Å². The van der Waals surface area contributed by atoms with Crippen molar-refractivity contribution in [1.29, 1.82) is 0 Å². The zero-order valence-corrected chi connectivity index (χ0v) is 6.82. The summed E-state index contributed by atoms with van der Waals surface area (Å²) in [5, 5.41) is 0. The van der Waals surface area contributed by atoms with Gasteiger partial charge in [-0.1, -0.05) is 19.8 Å². The van der Waals surface area contributed by atoms with Gasteiger partial charge in [0.05, 0.1) is 0 Å². The van der Waals surface area contributed by atoms with E-state index in [1.54, 1.807) is 0 Å². The molecule has 56 valence electrons. The SMILES string of the molecule is CCCC1CCC#CCC1. The Kier molecular flexibility index (Phi) is 3.36. The van der Waals surface area contributed by atoms with E-state index in [1.165, 1.54) is 25.7 Å². The maximum Gasteiger partial charge on any atom is 0.00913 e. The summed E-state index contributed by atoms with van der Waals surface area (Å²) >= 11 is 0. The summed E-state index contributed by atoms with van der Waals surface area (Å²) in [5.74, 6) is 7.34. The fourth-order valence-electron chi connectivity index (χ4n) is 1.57. The zero-order valence-electron chi connectivity index (χ0n) is 6.82. The van der Waals surface area contributed by atoms with Crippen molar-refractivity contribution >= 4 is 0 Å². The normalized spacial score (nSPS) is 19.3. The molecule has 1 aliphatic rings. The second-order valence-electron chi connectivity index (χ2n) is 3.09. The highest BCUT2D eigenvalue weighted by Gasteiger charge is 2.07. The van der Waals surface area contributed by atoms with Crippen molar-refractivity contribution in [3.63, 3.8) is 0 Å². The van der Waals surface area contributed by atoms with Gasteiger partial charge in [-0.05, 0) is 18.8 Å². The molecule has 0 aromatic rings. The Hall–Kier alpha value is -0.440. The Morgan fingerprint density at radius 2 is 1.80 bits per heavy atom. The average Bonchev–Trinajstić information content (AvgIpc) is 2.17. The van der Waals surface area contributed by atoms with Gasteiger partial charge in [0.25, 0.3) is 0 Å². The zero-order chi connectivity index (χ0) is 7.23. The predicted molar refractivity (Wildman–Crippen MR) is 44.6 cm³/mol. The molecule has 0 radical (unpaired) electrons. The third-order valence-electron chi connectivity index (χ3n) is 2.18. The van der Waals surface area contributed by atoms with E-state index in [9.17, 15) is 0 Å². The second kappa shape index (κ2) is 4.39. The Balaban J connectivity index is 2.22. The lowest BCUT2D eigenvalue weighted by Crippen LogP contribution is -1.97. The molecule has 0 heterocycles.